The number of amides is 2. The molecule has 0 aliphatic heterocycles. The Balaban J connectivity index is 1.81. The monoisotopic (exact) mass is 558 g/mol. The van der Waals surface area contributed by atoms with Gasteiger partial charge in [-0.25, -0.2) is 22.2 Å². The lowest BCUT2D eigenvalue weighted by Gasteiger charge is -2.12. The molecule has 11 nitrogen and oxygen atoms in total. The normalized spacial score (nSPS) is 11.7. The molecule has 0 saturated carbocycles. The Kier molecular flexibility index (Phi) is 9.00. The summed E-state index contributed by atoms with van der Waals surface area (Å²) in [5.41, 5.74) is -4.91. The summed E-state index contributed by atoms with van der Waals surface area (Å²) in [5.74, 6) is -1.60. The molecule has 0 atom stereocenters. The van der Waals surface area contributed by atoms with Crippen LogP contribution in [0.4, 0.5) is 17.6 Å². The zero-order valence-electron chi connectivity index (χ0n) is 19.8. The quantitative estimate of drug-likeness (QED) is 0.241. The number of nitrogens with one attached hydrogen (secondary N) is 3. The van der Waals surface area contributed by atoms with Crippen LogP contribution in [0.1, 0.15) is 33.5 Å². The fourth-order valence-electron chi connectivity index (χ4n) is 3.07. The smallest absolute Gasteiger partial charge is 0.487 e. The first-order valence-corrected chi connectivity index (χ1v) is 12.5. The topological polar surface area (TPSA) is 144 Å². The number of alkyl halides is 3. The van der Waals surface area contributed by atoms with E-state index in [-0.39, 0.29) is 29.7 Å². The Bertz CT molecular complexity index is 1390. The molecule has 1 heterocycles. The highest BCUT2D eigenvalue weighted by atomic mass is 32.2. The molecule has 0 radical (unpaired) electrons. The average molecular weight is 559 g/mol. The third kappa shape index (κ3) is 7.04. The van der Waals surface area contributed by atoms with Gasteiger partial charge in [0.25, 0.3) is 11.8 Å². The Morgan fingerprint density at radius 3 is 2.37 bits per heavy atom. The van der Waals surface area contributed by atoms with Crippen molar-refractivity contribution >= 4 is 21.8 Å². The molecule has 0 saturated heterocycles. The molecule has 0 fully saturated rings. The van der Waals surface area contributed by atoms with E-state index in [0.29, 0.717) is 17.8 Å². The van der Waals surface area contributed by atoms with Gasteiger partial charge in [-0.2, -0.15) is 13.2 Å². The summed E-state index contributed by atoms with van der Waals surface area (Å²) in [6, 6.07) is 11.3. The average Bonchev–Trinajstić information content (AvgIpc) is 3.29. The molecule has 16 heteroatoms. The first-order chi connectivity index (χ1) is 17.9. The first-order valence-electron chi connectivity index (χ1n) is 11.0. The minimum atomic E-state index is -5.57. The van der Waals surface area contributed by atoms with Gasteiger partial charge in [0.2, 0.25) is 0 Å². The van der Waals surface area contributed by atoms with Crippen molar-refractivity contribution in [2.75, 3.05) is 19.6 Å². The number of carbonyl (C=O) groups is 2. The van der Waals surface area contributed by atoms with Crippen molar-refractivity contribution in [1.82, 2.24) is 30.3 Å². The van der Waals surface area contributed by atoms with Gasteiger partial charge in [-0.15, -0.1) is 5.10 Å². The molecule has 0 aliphatic carbocycles. The van der Waals surface area contributed by atoms with E-state index >= 15 is 0 Å². The highest BCUT2D eigenvalue weighted by Crippen LogP contribution is 2.21. The molecule has 0 bridgehead atoms. The molecule has 0 spiro atoms. The Morgan fingerprint density at radius 1 is 1.03 bits per heavy atom. The molecule has 3 N–H and O–H groups in total. The second kappa shape index (κ2) is 12.0. The Morgan fingerprint density at radius 2 is 1.74 bits per heavy atom. The maximum atomic E-state index is 13.5. The molecule has 2 aromatic carbocycles. The minimum Gasteiger partial charge on any atom is -0.487 e. The molecule has 38 heavy (non-hydrogen) atoms. The van der Waals surface area contributed by atoms with Crippen LogP contribution >= 0.6 is 0 Å². The summed E-state index contributed by atoms with van der Waals surface area (Å²) in [4.78, 5) is 24.7. The SMILES string of the molecule is CCNC(=O)c1ccc(-n2nnc(C(=O)NCCNS(=O)(=O)C(F)(F)F)c2COc2cccc(F)c2)cc1. The summed E-state index contributed by atoms with van der Waals surface area (Å²) in [6.45, 7) is 0.647. The minimum absolute atomic E-state index is 0.0911. The van der Waals surface area contributed by atoms with Crippen LogP contribution in [0, 0.1) is 5.82 Å². The van der Waals surface area contributed by atoms with Gasteiger partial charge < -0.3 is 15.4 Å². The van der Waals surface area contributed by atoms with Crippen LogP contribution in [0.2, 0.25) is 0 Å². The predicted molar refractivity (Wildman–Crippen MR) is 125 cm³/mol. The van der Waals surface area contributed by atoms with Crippen LogP contribution in [0.5, 0.6) is 5.75 Å². The van der Waals surface area contributed by atoms with Crippen LogP contribution in [0.3, 0.4) is 0 Å². The fraction of sp³-hybridized carbons (Fsp3) is 0.273. The molecule has 3 aromatic rings. The zero-order chi connectivity index (χ0) is 27.9. The third-order valence-electron chi connectivity index (χ3n) is 4.87. The van der Waals surface area contributed by atoms with Gasteiger partial charge >= 0.3 is 15.5 Å². The zero-order valence-corrected chi connectivity index (χ0v) is 20.6. The summed E-state index contributed by atoms with van der Waals surface area (Å²) in [5, 5.41) is 12.7. The van der Waals surface area contributed by atoms with Gasteiger partial charge in [0.05, 0.1) is 5.69 Å². The van der Waals surface area contributed by atoms with Crippen molar-refractivity contribution in [1.29, 1.82) is 0 Å². The number of carbonyl (C=O) groups excluding carboxylic acids is 2. The summed E-state index contributed by atoms with van der Waals surface area (Å²) < 4.78 is 81.2. The standard InChI is InChI=1S/C22H22F4N6O5S/c1-2-27-20(33)14-6-8-16(9-7-14)32-18(13-37-17-5-3-4-15(23)12-17)19(30-31-32)21(34)28-10-11-29-38(35,36)22(24,25)26/h3-9,12,29H,2,10-11,13H2,1H3,(H,27,33)(H,28,34). The van der Waals surface area contributed by atoms with E-state index < -0.39 is 40.3 Å². The van der Waals surface area contributed by atoms with Crippen LogP contribution < -0.4 is 20.1 Å². The number of rotatable bonds is 11. The molecule has 204 valence electrons. The highest BCUT2D eigenvalue weighted by Gasteiger charge is 2.45. The van der Waals surface area contributed by atoms with E-state index in [0.717, 1.165) is 6.07 Å². The van der Waals surface area contributed by atoms with Crippen molar-refractivity contribution in [3.05, 3.63) is 71.3 Å². The molecular formula is C22H22F4N6O5S. The first kappa shape index (κ1) is 28.5. The molecule has 0 unspecified atom stereocenters. The molecule has 1 aromatic heterocycles. The van der Waals surface area contributed by atoms with E-state index in [1.54, 1.807) is 19.1 Å². The van der Waals surface area contributed by atoms with Gasteiger partial charge in [0.15, 0.2) is 5.69 Å². The molecule has 2 amide bonds. The van der Waals surface area contributed by atoms with Crippen molar-refractivity contribution in [2.24, 2.45) is 0 Å². The summed E-state index contributed by atoms with van der Waals surface area (Å²) in [6.07, 6.45) is 0. The number of hydrogen-bond acceptors (Lipinski definition) is 7. The Labute approximate surface area is 214 Å². The van der Waals surface area contributed by atoms with Crippen molar-refractivity contribution < 1.29 is 40.3 Å². The van der Waals surface area contributed by atoms with Gasteiger partial charge in [0.1, 0.15) is 23.9 Å². The van der Waals surface area contributed by atoms with Gasteiger partial charge in [0, 0.05) is 31.3 Å². The van der Waals surface area contributed by atoms with Crippen molar-refractivity contribution in [3.63, 3.8) is 0 Å². The van der Waals surface area contributed by atoms with Crippen molar-refractivity contribution in [2.45, 2.75) is 19.0 Å². The lowest BCUT2D eigenvalue weighted by atomic mass is 10.2. The van der Waals surface area contributed by atoms with E-state index in [2.05, 4.69) is 20.9 Å². The van der Waals surface area contributed by atoms with Gasteiger partial charge in [-0.05, 0) is 43.3 Å². The molecule has 3 rings (SSSR count). The second-order valence-electron chi connectivity index (χ2n) is 7.55. The van der Waals surface area contributed by atoms with E-state index in [9.17, 15) is 35.6 Å². The lowest BCUT2D eigenvalue weighted by Crippen LogP contribution is -2.41. The fourth-order valence-corrected chi connectivity index (χ4v) is 3.60. The van der Waals surface area contributed by atoms with E-state index in [4.69, 9.17) is 4.74 Å². The van der Waals surface area contributed by atoms with Crippen LogP contribution in [-0.2, 0) is 16.6 Å². The number of sulfonamides is 1. The third-order valence-corrected chi connectivity index (χ3v) is 6.06. The molecular weight excluding hydrogens is 536 g/mol. The number of halogens is 4. The maximum absolute atomic E-state index is 13.5. The number of hydrogen-bond donors (Lipinski definition) is 3. The predicted octanol–water partition coefficient (Wildman–Crippen LogP) is 1.90. The largest absolute Gasteiger partial charge is 0.511 e. The Hall–Kier alpha value is -4.05. The van der Waals surface area contributed by atoms with E-state index in [1.807, 2.05) is 0 Å². The van der Waals surface area contributed by atoms with Crippen LogP contribution in [0.25, 0.3) is 5.69 Å². The maximum Gasteiger partial charge on any atom is 0.511 e. The van der Waals surface area contributed by atoms with Gasteiger partial charge in [-0.1, -0.05) is 11.3 Å². The summed E-state index contributed by atoms with van der Waals surface area (Å²) >= 11 is 0. The van der Waals surface area contributed by atoms with Gasteiger partial charge in [-0.3, -0.25) is 9.59 Å². The summed E-state index contributed by atoms with van der Waals surface area (Å²) in [7, 11) is -5.57. The number of ether oxygens (including phenoxy) is 1. The second-order valence-corrected chi connectivity index (χ2v) is 9.31. The van der Waals surface area contributed by atoms with Crippen LogP contribution in [-0.4, -0.2) is 60.4 Å². The highest BCUT2D eigenvalue weighted by molar-refractivity contribution is 7.90. The number of aromatic nitrogens is 3. The lowest BCUT2D eigenvalue weighted by molar-refractivity contribution is -0.0447. The van der Waals surface area contributed by atoms with E-state index in [1.165, 1.54) is 39.7 Å². The van der Waals surface area contributed by atoms with Crippen LogP contribution in [0.15, 0.2) is 48.5 Å². The van der Waals surface area contributed by atoms with Crippen molar-refractivity contribution in [3.8, 4) is 11.4 Å². The number of nitrogens with zero attached hydrogens (tertiary/aromatic N) is 3. The molecule has 0 aliphatic rings. The number of benzene rings is 2.